The van der Waals surface area contributed by atoms with E-state index >= 15 is 0 Å². The van der Waals surface area contributed by atoms with Gasteiger partial charge in [-0.2, -0.15) is 0 Å². The van der Waals surface area contributed by atoms with E-state index in [0.717, 1.165) is 42.4 Å². The molecular formula is C28H33FN2O4. The van der Waals surface area contributed by atoms with E-state index in [4.69, 9.17) is 4.74 Å². The molecule has 2 heterocycles. The van der Waals surface area contributed by atoms with Gasteiger partial charge < -0.3 is 19.8 Å². The number of methoxy groups -OCH3 is 1. The number of aromatic nitrogens is 1. The Labute approximate surface area is 205 Å². The number of carboxylic acids is 1. The monoisotopic (exact) mass is 480 g/mol. The highest BCUT2D eigenvalue weighted by atomic mass is 19.1. The number of nitrogens with zero attached hydrogens (tertiary/aromatic N) is 2. The summed E-state index contributed by atoms with van der Waals surface area (Å²) in [7, 11) is 1.60. The standard InChI is InChI=1S/C28H33FN2O4/c1-35-21-9-10-26-23(17-21)22(12-14-30-26)27(32)11-8-19-13-16-31(18-24(19)28(33)34)15-4-6-20-5-2-3-7-25(20)29/h2-3,5,7,9-10,12,14,17,19,24,27,32H,4,6,8,11,13,15-16,18H2,1H3,(H,33,34)/t19-,24+,27-/m1/s1. The molecule has 186 valence electrons. The van der Waals surface area contributed by atoms with Crippen molar-refractivity contribution in [1.82, 2.24) is 9.88 Å². The van der Waals surface area contributed by atoms with Crippen molar-refractivity contribution in [2.24, 2.45) is 11.8 Å². The number of hydrogen-bond acceptors (Lipinski definition) is 5. The van der Waals surface area contributed by atoms with Gasteiger partial charge in [-0.15, -0.1) is 0 Å². The molecule has 7 heteroatoms. The lowest BCUT2D eigenvalue weighted by molar-refractivity contribution is -0.146. The van der Waals surface area contributed by atoms with Gasteiger partial charge in [0, 0.05) is 18.1 Å². The normalized spacial score (nSPS) is 19.5. The molecule has 35 heavy (non-hydrogen) atoms. The molecule has 1 saturated heterocycles. The van der Waals surface area contributed by atoms with Gasteiger partial charge >= 0.3 is 5.97 Å². The number of aliphatic hydroxyl groups is 1. The van der Waals surface area contributed by atoms with Gasteiger partial charge in [0.05, 0.1) is 24.6 Å². The number of carbonyl (C=O) groups is 1. The number of carboxylic acid groups (broad SMARTS) is 1. The summed E-state index contributed by atoms with van der Waals surface area (Å²) < 4.78 is 19.2. The first-order valence-electron chi connectivity index (χ1n) is 12.3. The SMILES string of the molecule is COc1ccc2nccc([C@H](O)CC[C@@H]3CCN(CCCc4ccccc4F)C[C@@H]3C(=O)O)c2c1. The number of rotatable bonds is 10. The van der Waals surface area contributed by atoms with Crippen molar-refractivity contribution in [1.29, 1.82) is 0 Å². The second kappa shape index (κ2) is 11.6. The number of aryl methyl sites for hydroxylation is 1. The molecule has 1 aromatic heterocycles. The first-order valence-corrected chi connectivity index (χ1v) is 12.3. The number of aliphatic hydroxyl groups excluding tert-OH is 1. The Hall–Kier alpha value is -3.03. The Morgan fingerprint density at radius 2 is 2.09 bits per heavy atom. The molecule has 0 spiro atoms. The average molecular weight is 481 g/mol. The van der Waals surface area contributed by atoms with E-state index in [9.17, 15) is 19.4 Å². The van der Waals surface area contributed by atoms with E-state index in [1.54, 1.807) is 25.4 Å². The van der Waals surface area contributed by atoms with Crippen LogP contribution in [-0.4, -0.2) is 52.8 Å². The van der Waals surface area contributed by atoms with Crippen LogP contribution in [0.4, 0.5) is 4.39 Å². The van der Waals surface area contributed by atoms with Crippen LogP contribution in [0.5, 0.6) is 5.75 Å². The van der Waals surface area contributed by atoms with Crippen LogP contribution >= 0.6 is 0 Å². The maximum absolute atomic E-state index is 13.8. The number of benzene rings is 2. The van der Waals surface area contributed by atoms with Crippen LogP contribution in [-0.2, 0) is 11.2 Å². The Balaban J connectivity index is 1.34. The summed E-state index contributed by atoms with van der Waals surface area (Å²) in [4.78, 5) is 18.6. The van der Waals surface area contributed by atoms with Crippen molar-refractivity contribution in [2.75, 3.05) is 26.7 Å². The minimum Gasteiger partial charge on any atom is -0.497 e. The van der Waals surface area contributed by atoms with Crippen LogP contribution in [0.2, 0.25) is 0 Å². The molecule has 2 N–H and O–H groups in total. The number of aliphatic carboxylic acids is 1. The van der Waals surface area contributed by atoms with Gasteiger partial charge in [-0.3, -0.25) is 9.78 Å². The lowest BCUT2D eigenvalue weighted by Gasteiger charge is -2.37. The maximum atomic E-state index is 13.8. The van der Waals surface area contributed by atoms with Crippen LogP contribution in [0.3, 0.4) is 0 Å². The molecule has 1 aliphatic heterocycles. The summed E-state index contributed by atoms with van der Waals surface area (Å²) in [6.45, 7) is 2.05. The van der Waals surface area contributed by atoms with E-state index in [1.165, 1.54) is 6.07 Å². The number of likely N-dealkylation sites (tertiary alicyclic amines) is 1. The highest BCUT2D eigenvalue weighted by Gasteiger charge is 2.34. The third-order valence-corrected chi connectivity index (χ3v) is 7.19. The minimum atomic E-state index is -0.789. The van der Waals surface area contributed by atoms with Crippen LogP contribution < -0.4 is 4.74 Å². The summed E-state index contributed by atoms with van der Waals surface area (Å²) in [5.41, 5.74) is 2.27. The smallest absolute Gasteiger partial charge is 0.308 e. The van der Waals surface area contributed by atoms with Gasteiger partial charge in [0.1, 0.15) is 11.6 Å². The molecule has 1 aliphatic rings. The molecule has 2 aromatic carbocycles. The number of fused-ring (bicyclic) bond motifs is 1. The van der Waals surface area contributed by atoms with Crippen molar-refractivity contribution < 1.29 is 24.1 Å². The zero-order valence-corrected chi connectivity index (χ0v) is 20.1. The molecular weight excluding hydrogens is 447 g/mol. The van der Waals surface area contributed by atoms with Gasteiger partial charge in [0.15, 0.2) is 0 Å². The lowest BCUT2D eigenvalue weighted by Crippen LogP contribution is -2.44. The summed E-state index contributed by atoms with van der Waals surface area (Å²) in [6.07, 6.45) is 4.30. The lowest BCUT2D eigenvalue weighted by atomic mass is 9.81. The highest BCUT2D eigenvalue weighted by molar-refractivity contribution is 5.83. The third-order valence-electron chi connectivity index (χ3n) is 7.19. The quantitative estimate of drug-likeness (QED) is 0.432. The van der Waals surface area contributed by atoms with Gasteiger partial charge in [0.25, 0.3) is 0 Å². The predicted molar refractivity (Wildman–Crippen MR) is 133 cm³/mol. The number of ether oxygens (including phenoxy) is 1. The maximum Gasteiger partial charge on any atom is 0.308 e. The topological polar surface area (TPSA) is 82.9 Å². The molecule has 6 nitrogen and oxygen atoms in total. The van der Waals surface area contributed by atoms with Crippen LogP contribution in [0.25, 0.3) is 10.9 Å². The summed E-state index contributed by atoms with van der Waals surface area (Å²) in [5, 5.41) is 21.7. The molecule has 3 aromatic rings. The predicted octanol–water partition coefficient (Wildman–Crippen LogP) is 4.85. The largest absolute Gasteiger partial charge is 0.497 e. The molecule has 0 saturated carbocycles. The van der Waals surface area contributed by atoms with Gasteiger partial charge in [0.2, 0.25) is 0 Å². The van der Waals surface area contributed by atoms with Crippen LogP contribution in [0, 0.1) is 17.7 Å². The minimum absolute atomic E-state index is 0.00704. The first kappa shape index (κ1) is 25.1. The molecule has 0 amide bonds. The van der Waals surface area contributed by atoms with Crippen molar-refractivity contribution in [2.45, 2.75) is 38.2 Å². The molecule has 4 rings (SSSR count). The van der Waals surface area contributed by atoms with E-state index in [0.29, 0.717) is 37.1 Å². The van der Waals surface area contributed by atoms with E-state index < -0.39 is 18.0 Å². The molecule has 0 unspecified atom stereocenters. The summed E-state index contributed by atoms with van der Waals surface area (Å²) in [5.74, 6) is -0.741. The number of halogens is 1. The Bertz CT molecular complexity index is 1150. The fourth-order valence-electron chi connectivity index (χ4n) is 5.18. The highest BCUT2D eigenvalue weighted by Crippen LogP contribution is 2.33. The van der Waals surface area contributed by atoms with E-state index in [2.05, 4.69) is 9.88 Å². The molecule has 3 atom stereocenters. The fourth-order valence-corrected chi connectivity index (χ4v) is 5.18. The second-order valence-electron chi connectivity index (χ2n) is 9.37. The van der Waals surface area contributed by atoms with Gasteiger partial charge in [-0.05, 0) is 92.6 Å². The van der Waals surface area contributed by atoms with Crippen LogP contribution in [0.15, 0.2) is 54.7 Å². The van der Waals surface area contributed by atoms with E-state index in [1.807, 2.05) is 30.3 Å². The van der Waals surface area contributed by atoms with E-state index in [-0.39, 0.29) is 11.7 Å². The third kappa shape index (κ3) is 6.16. The van der Waals surface area contributed by atoms with Crippen molar-refractivity contribution in [3.05, 3.63) is 71.7 Å². The zero-order chi connectivity index (χ0) is 24.8. The fraction of sp³-hybridized carbons (Fsp3) is 0.429. The Morgan fingerprint density at radius 3 is 2.86 bits per heavy atom. The molecule has 0 radical (unpaired) electrons. The summed E-state index contributed by atoms with van der Waals surface area (Å²) in [6, 6.07) is 14.2. The second-order valence-corrected chi connectivity index (χ2v) is 9.37. The van der Waals surface area contributed by atoms with Crippen molar-refractivity contribution in [3.63, 3.8) is 0 Å². The molecule has 0 aliphatic carbocycles. The van der Waals surface area contributed by atoms with Gasteiger partial charge in [-0.1, -0.05) is 18.2 Å². The Morgan fingerprint density at radius 1 is 1.26 bits per heavy atom. The first-order chi connectivity index (χ1) is 17.0. The Kier molecular flexibility index (Phi) is 8.31. The summed E-state index contributed by atoms with van der Waals surface area (Å²) >= 11 is 0. The zero-order valence-electron chi connectivity index (χ0n) is 20.1. The molecule has 1 fully saturated rings. The van der Waals surface area contributed by atoms with Crippen molar-refractivity contribution in [3.8, 4) is 5.75 Å². The average Bonchev–Trinajstić information content (AvgIpc) is 2.88. The van der Waals surface area contributed by atoms with Crippen LogP contribution in [0.1, 0.15) is 42.9 Å². The number of hydrogen-bond donors (Lipinski definition) is 2. The van der Waals surface area contributed by atoms with Gasteiger partial charge in [-0.25, -0.2) is 4.39 Å². The number of pyridine rings is 1. The number of piperidine rings is 1. The molecule has 0 bridgehead atoms. The van der Waals surface area contributed by atoms with Crippen molar-refractivity contribution >= 4 is 16.9 Å².